The average Bonchev–Trinajstić information content (AvgIpc) is 1.65. The number of thiol groups is 1. The highest BCUT2D eigenvalue weighted by atomic mass is 32.1. The lowest BCUT2D eigenvalue weighted by atomic mass is 10.5. The Morgan fingerprint density at radius 1 is 1.62 bits per heavy atom. The lowest BCUT2D eigenvalue weighted by Gasteiger charge is -2.25. The quantitative estimate of drug-likeness (QED) is 0.226. The molecule has 0 saturated heterocycles. The molecule has 0 aromatic heterocycles. The summed E-state index contributed by atoms with van der Waals surface area (Å²) in [6, 6.07) is 0. The van der Waals surface area contributed by atoms with E-state index in [2.05, 4.69) is 18.5 Å². The minimum Gasteiger partial charge on any atom is -0.610 e. The first-order chi connectivity index (χ1) is 3.71. The van der Waals surface area contributed by atoms with Crippen molar-refractivity contribution in [1.82, 2.24) is 0 Å². The fourth-order valence-electron chi connectivity index (χ4n) is 0.415. The lowest BCUT2D eigenvalue weighted by Crippen LogP contribution is -2.15. The van der Waals surface area contributed by atoms with Gasteiger partial charge in [0.15, 0.2) is 6.20 Å². The number of rotatable bonds is 0. The van der Waals surface area contributed by atoms with Crippen LogP contribution in [0.15, 0.2) is 30.3 Å². The zero-order chi connectivity index (χ0) is 6.04. The maximum atomic E-state index is 10.7. The average molecular weight is 127 g/mol. The summed E-state index contributed by atoms with van der Waals surface area (Å²) >= 11 is 3.68. The van der Waals surface area contributed by atoms with Gasteiger partial charge in [0.1, 0.15) is 6.20 Å². The summed E-state index contributed by atoms with van der Waals surface area (Å²) in [7, 11) is 0. The monoisotopic (exact) mass is 127 g/mol. The van der Waals surface area contributed by atoms with E-state index >= 15 is 0 Å². The Labute approximate surface area is 53.1 Å². The van der Waals surface area contributed by atoms with Crippen molar-refractivity contribution in [2.24, 2.45) is 0 Å². The van der Waals surface area contributed by atoms with E-state index in [0.717, 1.165) is 0 Å². The Morgan fingerprint density at radius 2 is 2.38 bits per heavy atom. The molecule has 1 unspecified atom stereocenters. The van der Waals surface area contributed by atoms with Crippen molar-refractivity contribution in [3.8, 4) is 0 Å². The summed E-state index contributed by atoms with van der Waals surface area (Å²) in [5.41, 5.74) is 2.62. The topological polar surface area (TPSA) is 23.1 Å². The van der Waals surface area contributed by atoms with Crippen LogP contribution in [-0.2, 0) is 0 Å². The summed E-state index contributed by atoms with van der Waals surface area (Å²) in [6.45, 7) is 0. The van der Waals surface area contributed by atoms with E-state index in [4.69, 9.17) is 0 Å². The molecule has 1 aliphatic heterocycles. The van der Waals surface area contributed by atoms with Crippen molar-refractivity contribution in [2.75, 3.05) is 0 Å². The fraction of sp³-hybridized carbons (Fsp3) is 0. The van der Waals surface area contributed by atoms with Gasteiger partial charge in [0.2, 0.25) is 0 Å². The van der Waals surface area contributed by atoms with Gasteiger partial charge in [-0.05, 0) is 6.08 Å². The predicted molar refractivity (Wildman–Crippen MR) is 34.4 cm³/mol. The molecule has 1 atom stereocenters. The Bertz CT molecular complexity index is 177. The molecule has 0 radical (unpaired) electrons. The molecule has 8 heavy (non-hydrogen) atoms. The van der Waals surface area contributed by atoms with Gasteiger partial charge in [-0.3, -0.25) is 0 Å². The zero-order valence-electron chi connectivity index (χ0n) is 4.11. The highest BCUT2D eigenvalue weighted by Gasteiger charge is 2.01. The summed E-state index contributed by atoms with van der Waals surface area (Å²) < 4.78 is -0.753. The van der Waals surface area contributed by atoms with Gasteiger partial charge in [-0.2, -0.15) is 0 Å². The summed E-state index contributed by atoms with van der Waals surface area (Å²) in [6.07, 6.45) is 5.98. The summed E-state index contributed by atoms with van der Waals surface area (Å²) in [5, 5.41) is 10.7. The van der Waals surface area contributed by atoms with E-state index in [1.54, 1.807) is 12.2 Å². The van der Waals surface area contributed by atoms with Crippen molar-refractivity contribution in [1.29, 1.82) is 0 Å². The maximum Gasteiger partial charge on any atom is 0.155 e. The van der Waals surface area contributed by atoms with Crippen LogP contribution in [0.4, 0.5) is 0 Å². The molecule has 0 aromatic rings. The molecule has 0 bridgehead atoms. The lowest BCUT2D eigenvalue weighted by molar-refractivity contribution is -0.613. The second kappa shape index (κ2) is 1.80. The summed E-state index contributed by atoms with van der Waals surface area (Å²) in [5.74, 6) is 0. The smallest absolute Gasteiger partial charge is 0.155 e. The molecule has 0 aromatic carbocycles. The standard InChI is InChI=1S/C5H5NOS/c7-6(8)4-2-1-3-5-6/h1-2,4-5,8H. The van der Waals surface area contributed by atoms with E-state index < -0.39 is 4.05 Å². The van der Waals surface area contributed by atoms with Crippen LogP contribution in [0.3, 0.4) is 0 Å². The minimum atomic E-state index is -0.753. The number of hydroxylamine groups is 2. The van der Waals surface area contributed by atoms with Crippen molar-refractivity contribution in [2.45, 2.75) is 0 Å². The number of nitrogens with zero attached hydrogens (tertiary/aromatic N) is 1. The van der Waals surface area contributed by atoms with Crippen LogP contribution in [0.2, 0.25) is 0 Å². The molecule has 0 saturated carbocycles. The van der Waals surface area contributed by atoms with Crippen LogP contribution in [0.5, 0.6) is 0 Å². The first kappa shape index (κ1) is 5.66. The number of hydrogen-bond acceptors (Lipinski definition) is 2. The zero-order valence-corrected chi connectivity index (χ0v) is 5.01. The maximum absolute atomic E-state index is 10.7. The van der Waals surface area contributed by atoms with Gasteiger partial charge in [-0.25, -0.2) is 4.05 Å². The van der Waals surface area contributed by atoms with E-state index in [9.17, 15) is 5.21 Å². The van der Waals surface area contributed by atoms with Gasteiger partial charge in [0.25, 0.3) is 0 Å². The number of allylic oxidation sites excluding steroid dienone is 2. The second-order valence-electron chi connectivity index (χ2n) is 1.48. The molecule has 3 heteroatoms. The SMILES string of the molecule is [O-][N+]1(S)C=C=CC=C1. The van der Waals surface area contributed by atoms with E-state index in [0.29, 0.717) is 0 Å². The molecule has 0 fully saturated rings. The minimum absolute atomic E-state index is 0.753. The van der Waals surface area contributed by atoms with E-state index in [1.165, 1.54) is 12.4 Å². The molecule has 1 aliphatic rings. The second-order valence-corrected chi connectivity index (χ2v) is 2.10. The van der Waals surface area contributed by atoms with Gasteiger partial charge in [-0.1, -0.05) is 5.73 Å². The van der Waals surface area contributed by atoms with E-state index in [1.807, 2.05) is 0 Å². The van der Waals surface area contributed by atoms with Crippen LogP contribution < -0.4 is 0 Å². The molecular weight excluding hydrogens is 122 g/mol. The Kier molecular flexibility index (Phi) is 1.27. The van der Waals surface area contributed by atoms with Gasteiger partial charge >= 0.3 is 0 Å². The molecule has 0 spiro atoms. The largest absolute Gasteiger partial charge is 0.610 e. The van der Waals surface area contributed by atoms with Gasteiger partial charge in [-0.15, -0.1) is 0 Å². The van der Waals surface area contributed by atoms with Crippen LogP contribution >= 0.6 is 12.8 Å². The van der Waals surface area contributed by atoms with Gasteiger partial charge in [0, 0.05) is 6.08 Å². The third-order valence-corrected chi connectivity index (χ3v) is 1.00. The van der Waals surface area contributed by atoms with Crippen LogP contribution in [0, 0.1) is 5.21 Å². The molecule has 0 amide bonds. The molecule has 1 rings (SSSR count). The van der Waals surface area contributed by atoms with Crippen LogP contribution in [-0.4, -0.2) is 4.05 Å². The molecular formula is C5H5NOS. The highest BCUT2D eigenvalue weighted by Crippen LogP contribution is 2.12. The van der Waals surface area contributed by atoms with Crippen molar-refractivity contribution in [3.63, 3.8) is 0 Å². The number of quaternary nitrogens is 1. The molecule has 1 heterocycles. The Hall–Kier alpha value is -0.470. The molecule has 2 nitrogen and oxygen atoms in total. The molecule has 0 N–H and O–H groups in total. The first-order valence-corrected chi connectivity index (χ1v) is 2.54. The van der Waals surface area contributed by atoms with Crippen molar-refractivity contribution < 1.29 is 4.05 Å². The van der Waals surface area contributed by atoms with Crippen LogP contribution in [0.25, 0.3) is 0 Å². The fourth-order valence-corrected chi connectivity index (χ4v) is 0.558. The first-order valence-electron chi connectivity index (χ1n) is 2.14. The van der Waals surface area contributed by atoms with E-state index in [-0.39, 0.29) is 0 Å². The Morgan fingerprint density at radius 3 is 2.62 bits per heavy atom. The molecule has 0 aliphatic carbocycles. The Balaban J connectivity index is 2.92. The number of hydrogen-bond donors (Lipinski definition) is 1. The van der Waals surface area contributed by atoms with Gasteiger partial charge in [0.05, 0.1) is 12.8 Å². The van der Waals surface area contributed by atoms with Crippen molar-refractivity contribution in [3.05, 3.63) is 35.5 Å². The van der Waals surface area contributed by atoms with Crippen molar-refractivity contribution >= 4 is 12.8 Å². The highest BCUT2D eigenvalue weighted by molar-refractivity contribution is 7.74. The third kappa shape index (κ3) is 1.25. The predicted octanol–water partition coefficient (Wildman–Crippen LogP) is 1.34. The molecule has 42 valence electrons. The van der Waals surface area contributed by atoms with Gasteiger partial charge < -0.3 is 5.21 Å². The summed E-state index contributed by atoms with van der Waals surface area (Å²) in [4.78, 5) is 0. The van der Waals surface area contributed by atoms with Crippen LogP contribution in [0.1, 0.15) is 0 Å². The normalized spacial score (nSPS) is 33.8. The third-order valence-electron chi connectivity index (χ3n) is 0.752.